The van der Waals surface area contributed by atoms with E-state index in [0.29, 0.717) is 37.4 Å². The summed E-state index contributed by atoms with van der Waals surface area (Å²) in [6.45, 7) is 8.09. The minimum atomic E-state index is 0.474. The molecule has 1 aromatic carbocycles. The average Bonchev–Trinajstić information content (AvgIpc) is 3.07. The molecule has 0 radical (unpaired) electrons. The van der Waals surface area contributed by atoms with Crippen molar-refractivity contribution in [2.24, 2.45) is 4.99 Å². The van der Waals surface area contributed by atoms with Crippen molar-refractivity contribution >= 4 is 5.96 Å². The van der Waals surface area contributed by atoms with Crippen LogP contribution in [0, 0.1) is 13.8 Å². The van der Waals surface area contributed by atoms with Gasteiger partial charge in [-0.3, -0.25) is 0 Å². The quantitative estimate of drug-likeness (QED) is 0.450. The monoisotopic (exact) mass is 393 g/mol. The number of nitrogens with zero attached hydrogens (tertiary/aromatic N) is 3. The van der Waals surface area contributed by atoms with E-state index in [1.807, 2.05) is 63.2 Å². The van der Waals surface area contributed by atoms with Crippen molar-refractivity contribution in [3.8, 4) is 5.88 Å². The summed E-state index contributed by atoms with van der Waals surface area (Å²) in [5, 5.41) is 6.47. The smallest absolute Gasteiger partial charge is 0.214 e. The number of aryl methyl sites for hydroxylation is 2. The number of aromatic nitrogens is 2. The molecule has 2 aromatic heterocycles. The molecule has 0 fully saturated rings. The van der Waals surface area contributed by atoms with Crippen LogP contribution in [0.2, 0.25) is 0 Å². The predicted octanol–water partition coefficient (Wildman–Crippen LogP) is 3.52. The number of benzene rings is 1. The second-order valence-electron chi connectivity index (χ2n) is 6.57. The Morgan fingerprint density at radius 2 is 1.93 bits per heavy atom. The lowest BCUT2D eigenvalue weighted by molar-refractivity contribution is 0.293. The number of aliphatic imine (C=N–C) groups is 1. The van der Waals surface area contributed by atoms with Crippen LogP contribution >= 0.6 is 0 Å². The highest BCUT2D eigenvalue weighted by Gasteiger charge is 2.06. The van der Waals surface area contributed by atoms with Crippen LogP contribution in [0.25, 0.3) is 0 Å². The van der Waals surface area contributed by atoms with Crippen LogP contribution in [0.4, 0.5) is 0 Å². The van der Waals surface area contributed by atoms with Gasteiger partial charge in [0.25, 0.3) is 0 Å². The van der Waals surface area contributed by atoms with E-state index in [9.17, 15) is 0 Å². The van der Waals surface area contributed by atoms with E-state index < -0.39 is 0 Å². The minimum absolute atomic E-state index is 0.474. The van der Waals surface area contributed by atoms with Gasteiger partial charge in [-0.2, -0.15) is 0 Å². The third-order valence-corrected chi connectivity index (χ3v) is 4.27. The summed E-state index contributed by atoms with van der Waals surface area (Å²) in [6.07, 6.45) is 1.74. The maximum absolute atomic E-state index is 5.79. The molecule has 7 nitrogen and oxygen atoms in total. The highest BCUT2D eigenvalue weighted by molar-refractivity contribution is 5.79. The van der Waals surface area contributed by atoms with Gasteiger partial charge in [0.15, 0.2) is 5.96 Å². The summed E-state index contributed by atoms with van der Waals surface area (Å²) >= 11 is 0. The fourth-order valence-corrected chi connectivity index (χ4v) is 2.65. The fraction of sp³-hybridized carbons (Fsp3) is 0.318. The molecule has 3 aromatic rings. The summed E-state index contributed by atoms with van der Waals surface area (Å²) < 4.78 is 11.4. The molecule has 0 amide bonds. The van der Waals surface area contributed by atoms with Crippen molar-refractivity contribution < 1.29 is 9.15 Å². The zero-order valence-electron chi connectivity index (χ0n) is 17.1. The maximum atomic E-state index is 5.79. The molecule has 2 heterocycles. The number of hydrogen-bond acceptors (Lipinski definition) is 5. The lowest BCUT2D eigenvalue weighted by atomic mass is 10.2. The Labute approximate surface area is 171 Å². The Morgan fingerprint density at radius 3 is 2.66 bits per heavy atom. The molecule has 0 spiro atoms. The topological polar surface area (TPSA) is 84.6 Å². The van der Waals surface area contributed by atoms with Crippen molar-refractivity contribution in [1.29, 1.82) is 0 Å². The standard InChI is InChI=1S/C22H27N5O2/c1-4-23-22(26-14-21-27-16(2)17(3)29-21)25-13-19-10-11-24-20(12-19)28-15-18-8-6-5-7-9-18/h5-12H,4,13-15H2,1-3H3,(H2,23,25,26). The first kappa shape index (κ1) is 20.4. The van der Waals surface area contributed by atoms with Gasteiger partial charge in [0.1, 0.15) is 12.4 Å². The first-order valence-electron chi connectivity index (χ1n) is 9.70. The first-order valence-corrected chi connectivity index (χ1v) is 9.70. The van der Waals surface area contributed by atoms with Crippen LogP contribution in [0.3, 0.4) is 0 Å². The van der Waals surface area contributed by atoms with Crippen molar-refractivity contribution in [2.45, 2.75) is 40.5 Å². The normalized spacial score (nSPS) is 11.3. The Bertz CT molecular complexity index is 918. The summed E-state index contributed by atoms with van der Waals surface area (Å²) in [7, 11) is 0. The molecule has 0 saturated carbocycles. The molecule has 7 heteroatoms. The molecule has 0 unspecified atom stereocenters. The van der Waals surface area contributed by atoms with Crippen molar-refractivity contribution in [3.63, 3.8) is 0 Å². The van der Waals surface area contributed by atoms with Crippen LogP contribution in [-0.2, 0) is 19.7 Å². The molecular formula is C22H27N5O2. The number of pyridine rings is 1. The van der Waals surface area contributed by atoms with Gasteiger partial charge in [-0.25, -0.2) is 15.0 Å². The van der Waals surface area contributed by atoms with Gasteiger partial charge in [0, 0.05) is 18.8 Å². The lowest BCUT2D eigenvalue weighted by Crippen LogP contribution is -2.36. The molecule has 29 heavy (non-hydrogen) atoms. The van der Waals surface area contributed by atoms with Crippen LogP contribution < -0.4 is 15.4 Å². The van der Waals surface area contributed by atoms with Gasteiger partial charge in [-0.05, 0) is 38.0 Å². The van der Waals surface area contributed by atoms with Crippen LogP contribution in [0.1, 0.15) is 35.4 Å². The minimum Gasteiger partial charge on any atom is -0.473 e. The van der Waals surface area contributed by atoms with Gasteiger partial charge in [-0.15, -0.1) is 0 Å². The molecule has 0 saturated heterocycles. The largest absolute Gasteiger partial charge is 0.473 e. The van der Waals surface area contributed by atoms with E-state index in [-0.39, 0.29) is 0 Å². The highest BCUT2D eigenvalue weighted by atomic mass is 16.5. The van der Waals surface area contributed by atoms with Gasteiger partial charge in [0.05, 0.1) is 18.8 Å². The van der Waals surface area contributed by atoms with Crippen molar-refractivity contribution in [1.82, 2.24) is 20.6 Å². The van der Waals surface area contributed by atoms with Crippen LogP contribution in [-0.4, -0.2) is 22.5 Å². The summed E-state index contributed by atoms with van der Waals surface area (Å²) in [4.78, 5) is 13.3. The SMILES string of the molecule is CCNC(=NCc1ccnc(OCc2ccccc2)c1)NCc1nc(C)c(C)o1. The molecule has 0 aliphatic heterocycles. The van der Waals surface area contributed by atoms with Crippen LogP contribution in [0.15, 0.2) is 58.1 Å². The number of hydrogen-bond donors (Lipinski definition) is 2. The second kappa shape index (κ2) is 10.3. The molecule has 152 valence electrons. The third-order valence-electron chi connectivity index (χ3n) is 4.27. The maximum Gasteiger partial charge on any atom is 0.214 e. The summed E-state index contributed by atoms with van der Waals surface area (Å²) in [6, 6.07) is 13.9. The molecule has 0 aliphatic rings. The summed E-state index contributed by atoms with van der Waals surface area (Å²) in [5.74, 6) is 2.77. The average molecular weight is 393 g/mol. The van der Waals surface area contributed by atoms with Crippen molar-refractivity contribution in [2.75, 3.05) is 6.54 Å². The molecule has 0 bridgehead atoms. The van der Waals surface area contributed by atoms with Gasteiger partial charge in [-0.1, -0.05) is 30.3 Å². The molecule has 2 N–H and O–H groups in total. The number of ether oxygens (including phenoxy) is 1. The highest BCUT2D eigenvalue weighted by Crippen LogP contribution is 2.13. The van der Waals surface area contributed by atoms with Crippen molar-refractivity contribution in [3.05, 3.63) is 77.1 Å². The molecular weight excluding hydrogens is 366 g/mol. The molecule has 3 rings (SSSR count). The Kier molecular flexibility index (Phi) is 7.22. The fourth-order valence-electron chi connectivity index (χ4n) is 2.65. The Balaban J connectivity index is 1.58. The zero-order valence-corrected chi connectivity index (χ0v) is 17.1. The van der Waals surface area contributed by atoms with E-state index in [0.717, 1.165) is 29.1 Å². The predicted molar refractivity (Wildman–Crippen MR) is 113 cm³/mol. The first-order chi connectivity index (χ1) is 14.1. The van der Waals surface area contributed by atoms with E-state index in [1.165, 1.54) is 0 Å². The molecule has 0 aliphatic carbocycles. The number of guanidine groups is 1. The van der Waals surface area contributed by atoms with E-state index in [4.69, 9.17) is 9.15 Å². The lowest BCUT2D eigenvalue weighted by Gasteiger charge is -2.10. The number of rotatable bonds is 8. The zero-order chi connectivity index (χ0) is 20.5. The Morgan fingerprint density at radius 1 is 1.10 bits per heavy atom. The van der Waals surface area contributed by atoms with Gasteiger partial charge >= 0.3 is 0 Å². The number of oxazole rings is 1. The molecule has 0 atom stereocenters. The second-order valence-corrected chi connectivity index (χ2v) is 6.57. The third kappa shape index (κ3) is 6.34. The van der Waals surface area contributed by atoms with Gasteiger partial charge in [0.2, 0.25) is 11.8 Å². The van der Waals surface area contributed by atoms with Gasteiger partial charge < -0.3 is 19.8 Å². The number of nitrogens with one attached hydrogen (secondary N) is 2. The Hall–Kier alpha value is -3.35. The van der Waals surface area contributed by atoms with E-state index in [1.54, 1.807) is 6.20 Å². The van der Waals surface area contributed by atoms with Crippen LogP contribution in [0.5, 0.6) is 5.88 Å². The summed E-state index contributed by atoms with van der Waals surface area (Å²) in [5.41, 5.74) is 3.03. The van der Waals surface area contributed by atoms with E-state index in [2.05, 4.69) is 25.6 Å². The van der Waals surface area contributed by atoms with E-state index >= 15 is 0 Å².